The van der Waals surface area contributed by atoms with Gasteiger partial charge in [-0.2, -0.15) is 0 Å². The Balaban J connectivity index is 2.79. The van der Waals surface area contributed by atoms with E-state index in [1.54, 1.807) is 6.92 Å². The molecule has 0 heterocycles. The predicted octanol–water partition coefficient (Wildman–Crippen LogP) is 3.07. The van der Waals surface area contributed by atoms with E-state index in [4.69, 9.17) is 4.74 Å². The second-order valence-electron chi connectivity index (χ2n) is 4.97. The average molecular weight is 378 g/mol. The summed E-state index contributed by atoms with van der Waals surface area (Å²) in [5.74, 6) is 0.995. The van der Waals surface area contributed by atoms with E-state index in [0.717, 1.165) is 34.3 Å². The lowest BCUT2D eigenvalue weighted by Gasteiger charge is -2.15. The Morgan fingerprint density at radius 2 is 2.00 bits per heavy atom. The number of hydrogen-bond donors (Lipinski definition) is 1. The van der Waals surface area contributed by atoms with Crippen LogP contribution in [0.4, 0.5) is 0 Å². The van der Waals surface area contributed by atoms with Crippen molar-refractivity contribution in [2.24, 2.45) is 0 Å². The number of benzene rings is 1. The summed E-state index contributed by atoms with van der Waals surface area (Å²) in [6, 6.07) is 3.99. The van der Waals surface area contributed by atoms with Crippen molar-refractivity contribution < 1.29 is 13.2 Å². The lowest BCUT2D eigenvalue weighted by molar-refractivity contribution is 0.333. The molecule has 4 nitrogen and oxygen atoms in total. The molecule has 0 radical (unpaired) electrons. The highest BCUT2D eigenvalue weighted by Crippen LogP contribution is 2.28. The van der Waals surface area contributed by atoms with Gasteiger partial charge in [0.1, 0.15) is 12.4 Å². The van der Waals surface area contributed by atoms with Gasteiger partial charge >= 0.3 is 0 Å². The molecule has 1 aromatic carbocycles. The number of ether oxygens (including phenoxy) is 1. The highest BCUT2D eigenvalue weighted by Gasteiger charge is 2.12. The summed E-state index contributed by atoms with van der Waals surface area (Å²) in [6.07, 6.45) is 1.07. The van der Waals surface area contributed by atoms with Gasteiger partial charge in [0.25, 0.3) is 0 Å². The first-order valence-corrected chi connectivity index (χ1v) is 9.84. The molecule has 1 rings (SSSR count). The van der Waals surface area contributed by atoms with Gasteiger partial charge in [-0.3, -0.25) is 0 Å². The van der Waals surface area contributed by atoms with Crippen LogP contribution in [-0.4, -0.2) is 33.1 Å². The third kappa shape index (κ3) is 6.36. The van der Waals surface area contributed by atoms with Crippen molar-refractivity contribution in [3.8, 4) is 5.75 Å². The van der Waals surface area contributed by atoms with Crippen LogP contribution in [0.2, 0.25) is 0 Å². The molecule has 0 atom stereocenters. The molecule has 21 heavy (non-hydrogen) atoms. The number of halogens is 1. The summed E-state index contributed by atoms with van der Waals surface area (Å²) in [5, 5.41) is 3.34. The standard InChI is InChI=1S/C15H24BrNO3S/c1-4-6-17-11-13-10-14(16)9-12(3)15(13)20-7-8-21(18,19)5-2/h9-10,17H,4-8,11H2,1-3H3. The Morgan fingerprint density at radius 1 is 1.29 bits per heavy atom. The molecule has 0 aromatic heterocycles. The zero-order valence-corrected chi connectivity index (χ0v) is 15.3. The molecular formula is C15H24BrNO3S. The fourth-order valence-corrected chi connectivity index (χ4v) is 3.20. The van der Waals surface area contributed by atoms with E-state index in [-0.39, 0.29) is 18.1 Å². The van der Waals surface area contributed by atoms with Gasteiger partial charge in [-0.05, 0) is 37.6 Å². The van der Waals surface area contributed by atoms with E-state index in [0.29, 0.717) is 6.54 Å². The van der Waals surface area contributed by atoms with Crippen LogP contribution < -0.4 is 10.1 Å². The minimum atomic E-state index is -2.99. The summed E-state index contributed by atoms with van der Waals surface area (Å²) in [5.41, 5.74) is 2.05. The summed E-state index contributed by atoms with van der Waals surface area (Å²) < 4.78 is 29.8. The molecule has 0 aliphatic heterocycles. The van der Waals surface area contributed by atoms with E-state index >= 15 is 0 Å². The van der Waals surface area contributed by atoms with Crippen LogP contribution in [0, 0.1) is 6.92 Å². The van der Waals surface area contributed by atoms with E-state index in [9.17, 15) is 8.42 Å². The van der Waals surface area contributed by atoms with Crippen molar-refractivity contribution in [2.45, 2.75) is 33.7 Å². The van der Waals surface area contributed by atoms with Gasteiger partial charge in [0.05, 0.1) is 5.75 Å². The van der Waals surface area contributed by atoms with Gasteiger partial charge in [0, 0.05) is 22.3 Å². The maximum Gasteiger partial charge on any atom is 0.153 e. The van der Waals surface area contributed by atoms with E-state index in [2.05, 4.69) is 28.2 Å². The Labute approximate surface area is 136 Å². The van der Waals surface area contributed by atoms with Crippen molar-refractivity contribution in [1.82, 2.24) is 5.32 Å². The molecule has 1 aromatic rings. The van der Waals surface area contributed by atoms with Crippen LogP contribution in [0.3, 0.4) is 0 Å². The fraction of sp³-hybridized carbons (Fsp3) is 0.600. The molecule has 120 valence electrons. The van der Waals surface area contributed by atoms with Gasteiger partial charge < -0.3 is 10.1 Å². The van der Waals surface area contributed by atoms with Crippen LogP contribution in [-0.2, 0) is 16.4 Å². The summed E-state index contributed by atoms with van der Waals surface area (Å²) in [4.78, 5) is 0. The van der Waals surface area contributed by atoms with Crippen molar-refractivity contribution in [3.63, 3.8) is 0 Å². The lowest BCUT2D eigenvalue weighted by Crippen LogP contribution is -2.18. The molecule has 0 saturated heterocycles. The highest BCUT2D eigenvalue weighted by molar-refractivity contribution is 9.10. The van der Waals surface area contributed by atoms with Gasteiger partial charge in [-0.15, -0.1) is 0 Å². The molecular weight excluding hydrogens is 354 g/mol. The second-order valence-corrected chi connectivity index (χ2v) is 8.36. The van der Waals surface area contributed by atoms with Crippen molar-refractivity contribution >= 4 is 25.8 Å². The lowest BCUT2D eigenvalue weighted by atomic mass is 10.1. The predicted molar refractivity (Wildman–Crippen MR) is 90.7 cm³/mol. The van der Waals surface area contributed by atoms with Crippen LogP contribution in [0.5, 0.6) is 5.75 Å². The number of hydrogen-bond acceptors (Lipinski definition) is 4. The van der Waals surface area contributed by atoms with E-state index < -0.39 is 9.84 Å². The zero-order valence-electron chi connectivity index (χ0n) is 12.9. The molecule has 0 fully saturated rings. The first-order valence-electron chi connectivity index (χ1n) is 7.22. The molecule has 0 amide bonds. The number of rotatable bonds is 9. The van der Waals surface area contributed by atoms with E-state index in [1.165, 1.54) is 0 Å². The van der Waals surface area contributed by atoms with Crippen molar-refractivity contribution in [1.29, 1.82) is 0 Å². The molecule has 1 N–H and O–H groups in total. The monoisotopic (exact) mass is 377 g/mol. The largest absolute Gasteiger partial charge is 0.492 e. The summed E-state index contributed by atoms with van der Waals surface area (Å²) in [6.45, 7) is 7.59. The molecule has 0 saturated carbocycles. The SMILES string of the molecule is CCCNCc1cc(Br)cc(C)c1OCCS(=O)(=O)CC. The first-order chi connectivity index (χ1) is 9.89. The molecule has 0 bridgehead atoms. The number of aryl methyl sites for hydroxylation is 1. The quantitative estimate of drug-likeness (QED) is 0.671. The number of sulfone groups is 1. The molecule has 0 unspecified atom stereocenters. The van der Waals surface area contributed by atoms with Crippen molar-refractivity contribution in [3.05, 3.63) is 27.7 Å². The Kier molecular flexibility index (Phi) is 7.70. The maximum atomic E-state index is 11.5. The molecule has 0 aliphatic carbocycles. The number of nitrogens with one attached hydrogen (secondary N) is 1. The summed E-state index contributed by atoms with van der Waals surface area (Å²) in [7, 11) is -2.99. The van der Waals surface area contributed by atoms with Crippen molar-refractivity contribution in [2.75, 3.05) is 24.7 Å². The minimum Gasteiger partial charge on any atom is -0.492 e. The van der Waals surface area contributed by atoms with Gasteiger partial charge in [0.15, 0.2) is 9.84 Å². The van der Waals surface area contributed by atoms with Crippen LogP contribution in [0.25, 0.3) is 0 Å². The van der Waals surface area contributed by atoms with E-state index in [1.807, 2.05) is 19.1 Å². The maximum absolute atomic E-state index is 11.5. The first kappa shape index (κ1) is 18.5. The van der Waals surface area contributed by atoms with Gasteiger partial charge in [-0.1, -0.05) is 29.8 Å². The second kappa shape index (κ2) is 8.76. The van der Waals surface area contributed by atoms with Crippen LogP contribution >= 0.6 is 15.9 Å². The third-order valence-corrected chi connectivity index (χ3v) is 5.27. The topological polar surface area (TPSA) is 55.4 Å². The van der Waals surface area contributed by atoms with Crippen LogP contribution in [0.15, 0.2) is 16.6 Å². The average Bonchev–Trinajstić information content (AvgIpc) is 2.41. The minimum absolute atomic E-state index is 0.0564. The normalized spacial score (nSPS) is 11.6. The fourth-order valence-electron chi connectivity index (χ4n) is 1.95. The molecule has 0 aliphatic rings. The zero-order chi connectivity index (χ0) is 15.9. The summed E-state index contributed by atoms with van der Waals surface area (Å²) >= 11 is 3.49. The Hall–Kier alpha value is -0.590. The van der Waals surface area contributed by atoms with Gasteiger partial charge in [-0.25, -0.2) is 8.42 Å². The van der Waals surface area contributed by atoms with Gasteiger partial charge in [0.2, 0.25) is 0 Å². The molecule has 6 heteroatoms. The highest BCUT2D eigenvalue weighted by atomic mass is 79.9. The Morgan fingerprint density at radius 3 is 2.62 bits per heavy atom. The van der Waals surface area contributed by atoms with Crippen LogP contribution in [0.1, 0.15) is 31.4 Å². The Bertz CT molecular complexity index is 558. The molecule has 0 spiro atoms. The third-order valence-electron chi connectivity index (χ3n) is 3.14. The smallest absolute Gasteiger partial charge is 0.153 e.